The number of anilines is 2. The van der Waals surface area contributed by atoms with Crippen LogP contribution in [0.1, 0.15) is 20.8 Å². The lowest BCUT2D eigenvalue weighted by Gasteiger charge is -2.29. The average molecular weight is 234 g/mol. The number of ether oxygens (including phenoxy) is 1. The third-order valence-corrected chi connectivity index (χ3v) is 2.44. The fourth-order valence-corrected chi connectivity index (χ4v) is 1.73. The minimum Gasteiger partial charge on any atom is -0.458 e. The number of hydrogen-bond donors (Lipinski definition) is 2. The molecular formula is C13H18N2O2. The molecule has 1 aromatic rings. The van der Waals surface area contributed by atoms with Gasteiger partial charge in [-0.3, -0.25) is 0 Å². The summed E-state index contributed by atoms with van der Waals surface area (Å²) in [5.74, 6) is -0.223. The van der Waals surface area contributed by atoms with Gasteiger partial charge >= 0.3 is 5.97 Å². The quantitative estimate of drug-likeness (QED) is 0.732. The fourth-order valence-electron chi connectivity index (χ4n) is 1.73. The number of rotatable bonds is 1. The van der Waals surface area contributed by atoms with Crippen molar-refractivity contribution in [3.05, 3.63) is 24.3 Å². The normalized spacial score (nSPS) is 18.6. The van der Waals surface area contributed by atoms with Gasteiger partial charge in [0.25, 0.3) is 0 Å². The van der Waals surface area contributed by atoms with Crippen LogP contribution in [0.25, 0.3) is 0 Å². The van der Waals surface area contributed by atoms with Crippen molar-refractivity contribution in [1.82, 2.24) is 0 Å². The first-order chi connectivity index (χ1) is 7.96. The van der Waals surface area contributed by atoms with Crippen LogP contribution in [0, 0.1) is 0 Å². The molecule has 0 spiro atoms. The lowest BCUT2D eigenvalue weighted by Crippen LogP contribution is -2.43. The first-order valence-electron chi connectivity index (χ1n) is 5.78. The molecule has 1 heterocycles. The summed E-state index contributed by atoms with van der Waals surface area (Å²) in [6.45, 7) is 6.16. The van der Waals surface area contributed by atoms with Crippen LogP contribution in [-0.4, -0.2) is 24.2 Å². The molecule has 4 heteroatoms. The molecule has 0 saturated heterocycles. The molecule has 0 bridgehead atoms. The fraction of sp³-hybridized carbons (Fsp3) is 0.462. The zero-order chi connectivity index (χ0) is 12.5. The maximum absolute atomic E-state index is 11.9. The number of nitrogens with one attached hydrogen (secondary N) is 2. The first-order valence-corrected chi connectivity index (χ1v) is 5.78. The van der Waals surface area contributed by atoms with Gasteiger partial charge in [0.05, 0.1) is 11.4 Å². The van der Waals surface area contributed by atoms with Crippen LogP contribution in [0.2, 0.25) is 0 Å². The number of hydrogen-bond acceptors (Lipinski definition) is 4. The van der Waals surface area contributed by atoms with Crippen molar-refractivity contribution in [2.75, 3.05) is 17.2 Å². The van der Waals surface area contributed by atoms with E-state index in [4.69, 9.17) is 4.74 Å². The molecule has 0 amide bonds. The molecule has 1 unspecified atom stereocenters. The van der Waals surface area contributed by atoms with Crippen molar-refractivity contribution < 1.29 is 9.53 Å². The SMILES string of the molecule is CC(C)(C)OC(=O)C1CNc2ccccc2N1. The van der Waals surface area contributed by atoms with Crippen LogP contribution < -0.4 is 10.6 Å². The van der Waals surface area contributed by atoms with E-state index in [1.807, 2.05) is 45.0 Å². The predicted molar refractivity (Wildman–Crippen MR) is 68.2 cm³/mol. The van der Waals surface area contributed by atoms with Crippen LogP contribution >= 0.6 is 0 Å². The number of para-hydroxylation sites is 2. The Labute approximate surface area is 101 Å². The van der Waals surface area contributed by atoms with Crippen molar-refractivity contribution in [3.8, 4) is 0 Å². The highest BCUT2D eigenvalue weighted by molar-refractivity contribution is 5.85. The number of carbonyl (C=O) groups excluding carboxylic acids is 1. The zero-order valence-corrected chi connectivity index (χ0v) is 10.4. The molecule has 17 heavy (non-hydrogen) atoms. The number of fused-ring (bicyclic) bond motifs is 1. The van der Waals surface area contributed by atoms with Gasteiger partial charge in [-0.25, -0.2) is 4.79 Å². The van der Waals surface area contributed by atoms with E-state index < -0.39 is 5.60 Å². The topological polar surface area (TPSA) is 50.4 Å². The van der Waals surface area contributed by atoms with Crippen molar-refractivity contribution in [2.24, 2.45) is 0 Å². The lowest BCUT2D eigenvalue weighted by atomic mass is 10.1. The molecule has 1 aliphatic rings. The Balaban J connectivity index is 2.05. The number of carbonyl (C=O) groups is 1. The number of benzene rings is 1. The van der Waals surface area contributed by atoms with E-state index in [2.05, 4.69) is 10.6 Å². The van der Waals surface area contributed by atoms with Crippen LogP contribution in [0.5, 0.6) is 0 Å². The predicted octanol–water partition coefficient (Wildman–Crippen LogP) is 2.23. The molecule has 0 aromatic heterocycles. The van der Waals surface area contributed by atoms with E-state index in [1.54, 1.807) is 0 Å². The Bertz CT molecular complexity index is 424. The summed E-state index contributed by atoms with van der Waals surface area (Å²) in [5, 5.41) is 6.40. The Morgan fingerprint density at radius 3 is 2.59 bits per heavy atom. The Kier molecular flexibility index (Phi) is 2.96. The van der Waals surface area contributed by atoms with Crippen LogP contribution in [0.3, 0.4) is 0 Å². The van der Waals surface area contributed by atoms with Crippen molar-refractivity contribution in [3.63, 3.8) is 0 Å². The molecule has 1 aromatic carbocycles. The van der Waals surface area contributed by atoms with Crippen molar-refractivity contribution in [2.45, 2.75) is 32.4 Å². The summed E-state index contributed by atoms with van der Waals surface area (Å²) >= 11 is 0. The Morgan fingerprint density at radius 2 is 1.94 bits per heavy atom. The molecule has 0 saturated carbocycles. The molecule has 92 valence electrons. The summed E-state index contributed by atoms with van der Waals surface area (Å²) in [4.78, 5) is 11.9. The van der Waals surface area contributed by atoms with E-state index in [-0.39, 0.29) is 12.0 Å². The maximum Gasteiger partial charge on any atom is 0.330 e. The van der Waals surface area contributed by atoms with Gasteiger partial charge in [-0.05, 0) is 32.9 Å². The highest BCUT2D eigenvalue weighted by Crippen LogP contribution is 2.25. The summed E-state index contributed by atoms with van der Waals surface area (Å²) < 4.78 is 5.35. The zero-order valence-electron chi connectivity index (χ0n) is 10.4. The van der Waals surface area contributed by atoms with Gasteiger partial charge in [0.2, 0.25) is 0 Å². The molecule has 2 N–H and O–H groups in total. The highest BCUT2D eigenvalue weighted by Gasteiger charge is 2.27. The second kappa shape index (κ2) is 4.28. The van der Waals surface area contributed by atoms with E-state index in [9.17, 15) is 4.79 Å². The van der Waals surface area contributed by atoms with Crippen LogP contribution in [0.4, 0.5) is 11.4 Å². The van der Waals surface area contributed by atoms with E-state index >= 15 is 0 Å². The molecule has 0 aliphatic carbocycles. The maximum atomic E-state index is 11.9. The van der Waals surface area contributed by atoms with Crippen LogP contribution in [-0.2, 0) is 9.53 Å². The minimum atomic E-state index is -0.449. The van der Waals surface area contributed by atoms with Gasteiger partial charge < -0.3 is 15.4 Å². The smallest absolute Gasteiger partial charge is 0.330 e. The minimum absolute atomic E-state index is 0.223. The molecule has 0 radical (unpaired) electrons. The van der Waals surface area contributed by atoms with E-state index in [0.29, 0.717) is 6.54 Å². The monoisotopic (exact) mass is 234 g/mol. The largest absolute Gasteiger partial charge is 0.458 e. The van der Waals surface area contributed by atoms with Gasteiger partial charge in [-0.2, -0.15) is 0 Å². The molecule has 0 fully saturated rings. The molecule has 2 rings (SSSR count). The highest BCUT2D eigenvalue weighted by atomic mass is 16.6. The van der Waals surface area contributed by atoms with Gasteiger partial charge in [0.1, 0.15) is 11.6 Å². The summed E-state index contributed by atoms with van der Waals surface area (Å²) in [7, 11) is 0. The van der Waals surface area contributed by atoms with Crippen molar-refractivity contribution >= 4 is 17.3 Å². The van der Waals surface area contributed by atoms with Crippen LogP contribution in [0.15, 0.2) is 24.3 Å². The standard InChI is InChI=1S/C13H18N2O2/c1-13(2,3)17-12(16)11-8-14-9-6-4-5-7-10(9)15-11/h4-7,11,14-15H,8H2,1-3H3. The lowest BCUT2D eigenvalue weighted by molar-refractivity contribution is -0.155. The van der Waals surface area contributed by atoms with Gasteiger partial charge in [-0.1, -0.05) is 12.1 Å². The molecule has 1 atom stereocenters. The second-order valence-corrected chi connectivity index (χ2v) is 5.16. The molecular weight excluding hydrogens is 216 g/mol. The Hall–Kier alpha value is -1.71. The van der Waals surface area contributed by atoms with Gasteiger partial charge in [-0.15, -0.1) is 0 Å². The van der Waals surface area contributed by atoms with Gasteiger partial charge in [0, 0.05) is 6.54 Å². The first kappa shape index (κ1) is 11.8. The second-order valence-electron chi connectivity index (χ2n) is 5.16. The third kappa shape index (κ3) is 2.90. The van der Waals surface area contributed by atoms with E-state index in [1.165, 1.54) is 0 Å². The van der Waals surface area contributed by atoms with Crippen molar-refractivity contribution in [1.29, 1.82) is 0 Å². The molecule has 4 nitrogen and oxygen atoms in total. The Morgan fingerprint density at radius 1 is 1.29 bits per heavy atom. The number of esters is 1. The average Bonchev–Trinajstić information content (AvgIpc) is 2.26. The summed E-state index contributed by atoms with van der Waals surface area (Å²) in [5.41, 5.74) is 1.51. The third-order valence-electron chi connectivity index (χ3n) is 2.44. The molecule has 1 aliphatic heterocycles. The van der Waals surface area contributed by atoms with E-state index in [0.717, 1.165) is 11.4 Å². The van der Waals surface area contributed by atoms with Gasteiger partial charge in [0.15, 0.2) is 0 Å². The summed E-state index contributed by atoms with van der Waals surface area (Å²) in [6.07, 6.45) is 0. The summed E-state index contributed by atoms with van der Waals surface area (Å²) in [6, 6.07) is 7.49.